The highest BCUT2D eigenvalue weighted by Gasteiger charge is 2.11. The molecule has 0 aliphatic carbocycles. The van der Waals surface area contributed by atoms with E-state index in [1.165, 1.54) is 0 Å². The van der Waals surface area contributed by atoms with Crippen LogP contribution in [0.25, 0.3) is 0 Å². The standard InChI is InChI=1S/C10H13BrO2/c1-6-5-8(12-3)9(11)7(2)10(6)13-4/h5H,1-4H3. The minimum Gasteiger partial charge on any atom is -0.496 e. The van der Waals surface area contributed by atoms with Crippen LogP contribution in [-0.2, 0) is 0 Å². The van der Waals surface area contributed by atoms with Crippen molar-refractivity contribution in [1.29, 1.82) is 0 Å². The van der Waals surface area contributed by atoms with Crippen LogP contribution < -0.4 is 9.47 Å². The largest absolute Gasteiger partial charge is 0.496 e. The quantitative estimate of drug-likeness (QED) is 0.797. The third-order valence-electron chi connectivity index (χ3n) is 2.02. The molecule has 72 valence electrons. The molecule has 2 nitrogen and oxygen atoms in total. The van der Waals surface area contributed by atoms with Crippen LogP contribution in [0.2, 0.25) is 0 Å². The Balaban J connectivity index is 3.37. The first-order valence-corrected chi connectivity index (χ1v) is 4.78. The molecule has 1 aromatic carbocycles. The van der Waals surface area contributed by atoms with Crippen LogP contribution in [0, 0.1) is 13.8 Å². The van der Waals surface area contributed by atoms with E-state index in [1.807, 2.05) is 19.9 Å². The van der Waals surface area contributed by atoms with Gasteiger partial charge in [-0.05, 0) is 41.4 Å². The summed E-state index contributed by atoms with van der Waals surface area (Å²) in [5.74, 6) is 1.75. The highest BCUT2D eigenvalue weighted by Crippen LogP contribution is 2.36. The molecule has 0 aromatic heterocycles. The van der Waals surface area contributed by atoms with E-state index in [2.05, 4.69) is 15.9 Å². The third-order valence-corrected chi connectivity index (χ3v) is 3.00. The lowest BCUT2D eigenvalue weighted by Gasteiger charge is -2.13. The van der Waals surface area contributed by atoms with Crippen molar-refractivity contribution in [3.8, 4) is 11.5 Å². The van der Waals surface area contributed by atoms with Crippen molar-refractivity contribution in [3.63, 3.8) is 0 Å². The molecule has 0 aliphatic rings. The van der Waals surface area contributed by atoms with Gasteiger partial charge in [-0.1, -0.05) is 0 Å². The summed E-state index contributed by atoms with van der Waals surface area (Å²) in [5, 5.41) is 0. The lowest BCUT2D eigenvalue weighted by molar-refractivity contribution is 0.395. The molecule has 0 heterocycles. The monoisotopic (exact) mass is 244 g/mol. The molecule has 0 saturated carbocycles. The van der Waals surface area contributed by atoms with E-state index in [9.17, 15) is 0 Å². The van der Waals surface area contributed by atoms with Gasteiger partial charge in [0.25, 0.3) is 0 Å². The molecule has 0 fully saturated rings. The number of methoxy groups -OCH3 is 2. The Morgan fingerprint density at radius 2 is 1.77 bits per heavy atom. The highest BCUT2D eigenvalue weighted by molar-refractivity contribution is 9.10. The maximum absolute atomic E-state index is 5.27. The number of ether oxygens (including phenoxy) is 2. The molecule has 3 heteroatoms. The van der Waals surface area contributed by atoms with Crippen molar-refractivity contribution in [2.75, 3.05) is 14.2 Å². The van der Waals surface area contributed by atoms with Crippen LogP contribution in [0.5, 0.6) is 11.5 Å². The first-order valence-electron chi connectivity index (χ1n) is 3.99. The van der Waals surface area contributed by atoms with Crippen molar-refractivity contribution in [1.82, 2.24) is 0 Å². The summed E-state index contributed by atoms with van der Waals surface area (Å²) in [4.78, 5) is 0. The van der Waals surface area contributed by atoms with E-state index in [0.29, 0.717) is 0 Å². The minimum absolute atomic E-state index is 0.843. The predicted molar refractivity (Wildman–Crippen MR) is 56.7 cm³/mol. The van der Waals surface area contributed by atoms with E-state index >= 15 is 0 Å². The average molecular weight is 245 g/mol. The zero-order chi connectivity index (χ0) is 10.0. The smallest absolute Gasteiger partial charge is 0.133 e. The number of halogens is 1. The van der Waals surface area contributed by atoms with Crippen molar-refractivity contribution in [2.45, 2.75) is 13.8 Å². The molecule has 0 N–H and O–H groups in total. The van der Waals surface area contributed by atoms with E-state index in [4.69, 9.17) is 9.47 Å². The molecule has 1 rings (SSSR count). The van der Waals surface area contributed by atoms with Crippen LogP contribution >= 0.6 is 15.9 Å². The van der Waals surface area contributed by atoms with Gasteiger partial charge in [-0.3, -0.25) is 0 Å². The molecule has 0 spiro atoms. The molecular formula is C10H13BrO2. The van der Waals surface area contributed by atoms with Crippen LogP contribution in [0.3, 0.4) is 0 Å². The maximum atomic E-state index is 5.27. The molecule has 0 unspecified atom stereocenters. The Labute approximate surface area is 87.0 Å². The van der Waals surface area contributed by atoms with Crippen molar-refractivity contribution in [3.05, 3.63) is 21.7 Å². The fourth-order valence-electron chi connectivity index (χ4n) is 1.37. The van der Waals surface area contributed by atoms with E-state index in [0.717, 1.165) is 27.1 Å². The first-order chi connectivity index (χ1) is 6.11. The summed E-state index contributed by atoms with van der Waals surface area (Å²) in [6.45, 7) is 4.00. The SMILES string of the molecule is COc1cc(C)c(OC)c(C)c1Br. The third kappa shape index (κ3) is 1.80. The molecular weight excluding hydrogens is 232 g/mol. The van der Waals surface area contributed by atoms with Gasteiger partial charge in [-0.15, -0.1) is 0 Å². The van der Waals surface area contributed by atoms with E-state index < -0.39 is 0 Å². The topological polar surface area (TPSA) is 18.5 Å². The molecule has 1 aromatic rings. The highest BCUT2D eigenvalue weighted by atomic mass is 79.9. The zero-order valence-corrected chi connectivity index (χ0v) is 9.86. The van der Waals surface area contributed by atoms with Gasteiger partial charge in [-0.25, -0.2) is 0 Å². The Hall–Kier alpha value is -0.700. The number of benzene rings is 1. The Bertz CT molecular complexity index is 321. The van der Waals surface area contributed by atoms with Gasteiger partial charge >= 0.3 is 0 Å². The molecule has 0 aliphatic heterocycles. The lowest BCUT2D eigenvalue weighted by Crippen LogP contribution is -1.95. The summed E-state index contributed by atoms with van der Waals surface area (Å²) >= 11 is 3.46. The second kappa shape index (κ2) is 4.01. The molecule has 0 amide bonds. The molecule has 0 atom stereocenters. The summed E-state index contributed by atoms with van der Waals surface area (Å²) in [6.07, 6.45) is 0. The van der Waals surface area contributed by atoms with E-state index in [1.54, 1.807) is 14.2 Å². The van der Waals surface area contributed by atoms with Gasteiger partial charge in [0, 0.05) is 5.56 Å². The molecule has 0 bridgehead atoms. The Kier molecular flexibility index (Phi) is 3.20. The molecule has 13 heavy (non-hydrogen) atoms. The second-order valence-corrected chi connectivity index (χ2v) is 3.66. The van der Waals surface area contributed by atoms with Crippen molar-refractivity contribution in [2.24, 2.45) is 0 Å². The Morgan fingerprint density at radius 1 is 1.15 bits per heavy atom. The maximum Gasteiger partial charge on any atom is 0.133 e. The zero-order valence-electron chi connectivity index (χ0n) is 8.27. The van der Waals surface area contributed by atoms with Gasteiger partial charge in [0.2, 0.25) is 0 Å². The number of hydrogen-bond acceptors (Lipinski definition) is 2. The summed E-state index contributed by atoms with van der Waals surface area (Å²) < 4.78 is 11.4. The van der Waals surface area contributed by atoms with Gasteiger partial charge < -0.3 is 9.47 Å². The number of rotatable bonds is 2. The second-order valence-electron chi connectivity index (χ2n) is 2.87. The first kappa shape index (κ1) is 10.4. The summed E-state index contributed by atoms with van der Waals surface area (Å²) in [5.41, 5.74) is 2.15. The number of aryl methyl sites for hydroxylation is 1. The van der Waals surface area contributed by atoms with Gasteiger partial charge in [0.1, 0.15) is 11.5 Å². The number of hydrogen-bond donors (Lipinski definition) is 0. The van der Waals surface area contributed by atoms with Gasteiger partial charge in [0.05, 0.1) is 18.7 Å². The van der Waals surface area contributed by atoms with Crippen molar-refractivity contribution >= 4 is 15.9 Å². The minimum atomic E-state index is 0.843. The predicted octanol–water partition coefficient (Wildman–Crippen LogP) is 3.08. The molecule has 0 radical (unpaired) electrons. The van der Waals surface area contributed by atoms with E-state index in [-0.39, 0.29) is 0 Å². The normalized spacial score (nSPS) is 9.92. The average Bonchev–Trinajstić information content (AvgIpc) is 2.12. The fraction of sp³-hybridized carbons (Fsp3) is 0.400. The van der Waals surface area contributed by atoms with Crippen LogP contribution in [0.15, 0.2) is 10.5 Å². The molecule has 0 saturated heterocycles. The van der Waals surface area contributed by atoms with Crippen LogP contribution in [0.1, 0.15) is 11.1 Å². The lowest BCUT2D eigenvalue weighted by atomic mass is 10.1. The Morgan fingerprint density at radius 3 is 2.23 bits per heavy atom. The van der Waals surface area contributed by atoms with Gasteiger partial charge in [-0.2, -0.15) is 0 Å². The summed E-state index contributed by atoms with van der Waals surface area (Å²) in [7, 11) is 3.33. The van der Waals surface area contributed by atoms with Crippen LogP contribution in [-0.4, -0.2) is 14.2 Å². The summed E-state index contributed by atoms with van der Waals surface area (Å²) in [6, 6.07) is 1.95. The fourth-order valence-corrected chi connectivity index (χ4v) is 1.82. The van der Waals surface area contributed by atoms with Gasteiger partial charge in [0.15, 0.2) is 0 Å². The van der Waals surface area contributed by atoms with Crippen molar-refractivity contribution < 1.29 is 9.47 Å². The van der Waals surface area contributed by atoms with Crippen LogP contribution in [0.4, 0.5) is 0 Å².